The number of pyridine rings is 1. The Morgan fingerprint density at radius 1 is 1.41 bits per heavy atom. The number of nitrogens with zero attached hydrogens (tertiary/aromatic N) is 3. The van der Waals surface area contributed by atoms with E-state index in [1.165, 1.54) is 24.8 Å². The number of hydrogen-bond acceptors (Lipinski definition) is 7. The highest BCUT2D eigenvalue weighted by Gasteiger charge is 2.19. The van der Waals surface area contributed by atoms with Crippen LogP contribution in [-0.4, -0.2) is 28.0 Å². The zero-order valence-corrected chi connectivity index (χ0v) is 13.0. The highest BCUT2D eigenvalue weighted by Crippen LogP contribution is 2.33. The molecule has 0 aliphatic rings. The van der Waals surface area contributed by atoms with Crippen LogP contribution in [0.2, 0.25) is 0 Å². The van der Waals surface area contributed by atoms with E-state index in [9.17, 15) is 4.79 Å². The van der Waals surface area contributed by atoms with Gasteiger partial charge < -0.3 is 10.1 Å². The molecule has 6 nitrogen and oxygen atoms in total. The molecular formula is C15H14N4O2S. The lowest BCUT2D eigenvalue weighted by Crippen LogP contribution is -2.03. The molecule has 7 heteroatoms. The van der Waals surface area contributed by atoms with Crippen LogP contribution in [0, 0.1) is 6.92 Å². The largest absolute Gasteiger partial charge is 0.465 e. The van der Waals surface area contributed by atoms with E-state index in [4.69, 9.17) is 4.74 Å². The van der Waals surface area contributed by atoms with Gasteiger partial charge in [0.05, 0.1) is 12.5 Å². The molecule has 0 aromatic carbocycles. The molecule has 3 aromatic heterocycles. The second-order valence-electron chi connectivity index (χ2n) is 4.67. The summed E-state index contributed by atoms with van der Waals surface area (Å²) in [6.07, 6.45) is 5.02. The number of thiophene rings is 1. The van der Waals surface area contributed by atoms with Crippen LogP contribution in [-0.2, 0) is 11.3 Å². The first kappa shape index (κ1) is 14.4. The van der Waals surface area contributed by atoms with E-state index in [0.717, 1.165) is 21.3 Å². The van der Waals surface area contributed by atoms with Crippen molar-refractivity contribution in [3.8, 4) is 0 Å². The van der Waals surface area contributed by atoms with Crippen LogP contribution in [0.5, 0.6) is 0 Å². The van der Waals surface area contributed by atoms with Crippen molar-refractivity contribution in [1.29, 1.82) is 0 Å². The molecule has 0 spiro atoms. The molecule has 0 aliphatic heterocycles. The van der Waals surface area contributed by atoms with Gasteiger partial charge >= 0.3 is 5.97 Å². The van der Waals surface area contributed by atoms with Crippen molar-refractivity contribution in [2.75, 3.05) is 12.4 Å². The normalized spacial score (nSPS) is 10.6. The van der Waals surface area contributed by atoms with Gasteiger partial charge in [-0.25, -0.2) is 14.8 Å². The van der Waals surface area contributed by atoms with Gasteiger partial charge in [0, 0.05) is 18.9 Å². The van der Waals surface area contributed by atoms with Crippen molar-refractivity contribution in [2.45, 2.75) is 13.5 Å². The Bertz CT molecular complexity index is 817. The van der Waals surface area contributed by atoms with Crippen molar-refractivity contribution >= 4 is 33.3 Å². The lowest BCUT2D eigenvalue weighted by molar-refractivity contribution is 0.0605. The average molecular weight is 314 g/mol. The highest BCUT2D eigenvalue weighted by molar-refractivity contribution is 7.20. The molecule has 22 heavy (non-hydrogen) atoms. The van der Waals surface area contributed by atoms with Gasteiger partial charge in [0.15, 0.2) is 0 Å². The van der Waals surface area contributed by atoms with Crippen molar-refractivity contribution in [3.63, 3.8) is 0 Å². The Labute approximate surface area is 131 Å². The van der Waals surface area contributed by atoms with Crippen molar-refractivity contribution < 1.29 is 9.53 Å². The van der Waals surface area contributed by atoms with Gasteiger partial charge in [-0.05, 0) is 24.1 Å². The highest BCUT2D eigenvalue weighted by atomic mass is 32.1. The standard InChI is InChI=1S/C15H14N4O2S/c1-9-11-13(17-7-10-4-3-5-16-6-10)18-8-19-14(11)22-12(9)15(20)21-2/h3-6,8H,7H2,1-2H3,(H,17,18,19). The van der Waals surface area contributed by atoms with Crippen molar-refractivity contribution in [2.24, 2.45) is 0 Å². The van der Waals surface area contributed by atoms with Crippen LogP contribution in [0.3, 0.4) is 0 Å². The Morgan fingerprint density at radius 2 is 2.27 bits per heavy atom. The minimum Gasteiger partial charge on any atom is -0.465 e. The van der Waals surface area contributed by atoms with Gasteiger partial charge in [-0.2, -0.15) is 0 Å². The van der Waals surface area contributed by atoms with Crippen molar-refractivity contribution in [3.05, 3.63) is 46.9 Å². The number of carbonyl (C=O) groups excluding carboxylic acids is 1. The fraction of sp³-hybridized carbons (Fsp3) is 0.200. The Balaban J connectivity index is 1.96. The number of rotatable bonds is 4. The molecule has 0 radical (unpaired) electrons. The third-order valence-corrected chi connectivity index (χ3v) is 4.46. The van der Waals surface area contributed by atoms with Crippen LogP contribution in [0.25, 0.3) is 10.2 Å². The summed E-state index contributed by atoms with van der Waals surface area (Å²) in [5, 5.41) is 4.14. The van der Waals surface area contributed by atoms with Gasteiger partial charge in [-0.15, -0.1) is 11.3 Å². The number of esters is 1. The predicted octanol–water partition coefficient (Wildman–Crippen LogP) is 2.79. The summed E-state index contributed by atoms with van der Waals surface area (Å²) in [7, 11) is 1.37. The molecule has 0 saturated heterocycles. The summed E-state index contributed by atoms with van der Waals surface area (Å²) in [6, 6.07) is 3.87. The third-order valence-electron chi connectivity index (χ3n) is 3.28. The number of fused-ring (bicyclic) bond motifs is 1. The van der Waals surface area contributed by atoms with Crippen LogP contribution in [0.4, 0.5) is 5.82 Å². The van der Waals surface area contributed by atoms with E-state index < -0.39 is 0 Å². The van der Waals surface area contributed by atoms with E-state index in [1.807, 2.05) is 19.1 Å². The number of carbonyl (C=O) groups is 1. The second-order valence-corrected chi connectivity index (χ2v) is 5.66. The molecule has 0 aliphatic carbocycles. The molecule has 3 rings (SSSR count). The number of aromatic nitrogens is 3. The first-order chi connectivity index (χ1) is 10.7. The lowest BCUT2D eigenvalue weighted by Gasteiger charge is -2.07. The molecule has 1 N–H and O–H groups in total. The van der Waals surface area contributed by atoms with Gasteiger partial charge in [-0.1, -0.05) is 6.07 Å². The average Bonchev–Trinajstić information content (AvgIpc) is 2.91. The Hall–Kier alpha value is -2.54. The zero-order chi connectivity index (χ0) is 15.5. The molecule has 0 saturated carbocycles. The first-order valence-corrected chi connectivity index (χ1v) is 7.47. The van der Waals surface area contributed by atoms with E-state index in [2.05, 4.69) is 20.3 Å². The predicted molar refractivity (Wildman–Crippen MR) is 85.1 cm³/mol. The number of anilines is 1. The first-order valence-electron chi connectivity index (χ1n) is 6.66. The molecule has 0 fully saturated rings. The summed E-state index contributed by atoms with van der Waals surface area (Å²) in [6.45, 7) is 2.48. The molecule has 0 atom stereocenters. The topological polar surface area (TPSA) is 77.0 Å². The van der Waals surface area contributed by atoms with Gasteiger partial charge in [-0.3, -0.25) is 4.98 Å². The van der Waals surface area contributed by atoms with Crippen molar-refractivity contribution in [1.82, 2.24) is 15.0 Å². The number of ether oxygens (including phenoxy) is 1. The van der Waals surface area contributed by atoms with Gasteiger partial charge in [0.1, 0.15) is 21.9 Å². The van der Waals surface area contributed by atoms with Crippen LogP contribution >= 0.6 is 11.3 Å². The SMILES string of the molecule is COC(=O)c1sc2ncnc(NCc3cccnc3)c2c1C. The fourth-order valence-electron chi connectivity index (χ4n) is 2.18. The van der Waals surface area contributed by atoms with E-state index >= 15 is 0 Å². The Kier molecular flexibility index (Phi) is 3.97. The second kappa shape index (κ2) is 6.07. The monoisotopic (exact) mass is 314 g/mol. The van der Waals surface area contributed by atoms with E-state index in [0.29, 0.717) is 17.2 Å². The smallest absolute Gasteiger partial charge is 0.348 e. The molecule has 3 aromatic rings. The maximum Gasteiger partial charge on any atom is 0.348 e. The molecule has 0 amide bonds. The third kappa shape index (κ3) is 2.62. The minimum atomic E-state index is -0.348. The molecule has 3 heterocycles. The van der Waals surface area contributed by atoms with E-state index in [-0.39, 0.29) is 5.97 Å². The Morgan fingerprint density at radius 3 is 3.00 bits per heavy atom. The summed E-state index contributed by atoms with van der Waals surface area (Å²) in [4.78, 5) is 25.7. The maximum absolute atomic E-state index is 11.8. The molecular weight excluding hydrogens is 300 g/mol. The zero-order valence-electron chi connectivity index (χ0n) is 12.2. The van der Waals surface area contributed by atoms with Crippen LogP contribution in [0.1, 0.15) is 20.8 Å². The van der Waals surface area contributed by atoms with Crippen LogP contribution in [0.15, 0.2) is 30.9 Å². The maximum atomic E-state index is 11.8. The lowest BCUT2D eigenvalue weighted by atomic mass is 10.2. The summed E-state index contributed by atoms with van der Waals surface area (Å²) >= 11 is 1.31. The van der Waals surface area contributed by atoms with Gasteiger partial charge in [0.25, 0.3) is 0 Å². The summed E-state index contributed by atoms with van der Waals surface area (Å²) < 4.78 is 4.81. The molecule has 0 unspecified atom stereocenters. The quantitative estimate of drug-likeness (QED) is 0.746. The summed E-state index contributed by atoms with van der Waals surface area (Å²) in [5.41, 5.74) is 1.89. The summed E-state index contributed by atoms with van der Waals surface area (Å²) in [5.74, 6) is 0.358. The number of hydrogen-bond donors (Lipinski definition) is 1. The number of aryl methyl sites for hydroxylation is 1. The number of methoxy groups -OCH3 is 1. The van der Waals surface area contributed by atoms with E-state index in [1.54, 1.807) is 12.4 Å². The van der Waals surface area contributed by atoms with Crippen LogP contribution < -0.4 is 5.32 Å². The minimum absolute atomic E-state index is 0.348. The number of nitrogens with one attached hydrogen (secondary N) is 1. The van der Waals surface area contributed by atoms with Gasteiger partial charge in [0.2, 0.25) is 0 Å². The molecule has 0 bridgehead atoms. The fourth-order valence-corrected chi connectivity index (χ4v) is 3.25. The molecule has 112 valence electrons.